The Morgan fingerprint density at radius 1 is 1.14 bits per heavy atom. The van der Waals surface area contributed by atoms with Gasteiger partial charge in [0, 0.05) is 13.0 Å². The highest BCUT2D eigenvalue weighted by molar-refractivity contribution is 6.13. The van der Waals surface area contributed by atoms with Gasteiger partial charge < -0.3 is 14.4 Å². The molecule has 0 aliphatic carbocycles. The Kier molecular flexibility index (Phi) is 2.91. The third kappa shape index (κ3) is 2.18. The number of amides is 1. The molecule has 0 aromatic heterocycles. The predicted octanol–water partition coefficient (Wildman–Crippen LogP) is 2.57. The molecule has 1 aromatic rings. The summed E-state index contributed by atoms with van der Waals surface area (Å²) in [5.41, 5.74) is 1.61. The monoisotopic (exact) mass is 284 g/mol. The molecular weight excluding hydrogens is 268 g/mol. The van der Waals surface area contributed by atoms with Crippen LogP contribution in [0.5, 0.6) is 11.5 Å². The number of nitrogens with zero attached hydrogens (tertiary/aromatic N) is 2. The quantitative estimate of drug-likeness (QED) is 0.744. The van der Waals surface area contributed by atoms with E-state index in [4.69, 9.17) is 9.47 Å². The van der Waals surface area contributed by atoms with E-state index < -0.39 is 0 Å². The van der Waals surface area contributed by atoms with E-state index in [1.165, 1.54) is 6.42 Å². The molecule has 3 heterocycles. The van der Waals surface area contributed by atoms with E-state index in [2.05, 4.69) is 9.89 Å². The van der Waals surface area contributed by atoms with Gasteiger partial charge in [-0.1, -0.05) is 12.5 Å². The lowest BCUT2D eigenvalue weighted by molar-refractivity contribution is -0.114. The number of hydrogen-bond donors (Lipinski definition) is 0. The third-order valence-corrected chi connectivity index (χ3v) is 4.03. The van der Waals surface area contributed by atoms with Crippen LogP contribution in [-0.2, 0) is 4.79 Å². The summed E-state index contributed by atoms with van der Waals surface area (Å²) in [6.45, 7) is 1.13. The maximum atomic E-state index is 12.1. The van der Waals surface area contributed by atoms with Crippen molar-refractivity contribution < 1.29 is 14.3 Å². The number of carbonyl (C=O) groups is 1. The van der Waals surface area contributed by atoms with Crippen LogP contribution in [0.1, 0.15) is 31.2 Å². The number of amidine groups is 1. The molecule has 4 rings (SSSR count). The minimum absolute atomic E-state index is 0.135. The summed E-state index contributed by atoms with van der Waals surface area (Å²) >= 11 is 0. The molecule has 0 N–H and O–H groups in total. The second kappa shape index (κ2) is 4.91. The van der Waals surface area contributed by atoms with Crippen LogP contribution in [0.2, 0.25) is 0 Å². The average molecular weight is 284 g/mol. The number of hydrogen-bond acceptors (Lipinski definition) is 4. The standard InChI is InChI=1S/C16H16N2O3/c19-16-12(18-7-3-1-2-4-15(18)17-16)8-11-5-6-13-14(9-11)21-10-20-13/h5-6,8-9H,1-4,7,10H2. The van der Waals surface area contributed by atoms with Crippen molar-refractivity contribution in [3.05, 3.63) is 29.5 Å². The summed E-state index contributed by atoms with van der Waals surface area (Å²) in [5, 5.41) is 0. The molecule has 0 bridgehead atoms. The van der Waals surface area contributed by atoms with Gasteiger partial charge in [0.05, 0.1) is 0 Å². The Morgan fingerprint density at radius 2 is 2.05 bits per heavy atom. The van der Waals surface area contributed by atoms with E-state index >= 15 is 0 Å². The van der Waals surface area contributed by atoms with Crippen molar-refractivity contribution in [1.82, 2.24) is 4.90 Å². The van der Waals surface area contributed by atoms with Crippen LogP contribution in [0.25, 0.3) is 6.08 Å². The SMILES string of the molecule is O=C1N=C2CCCCCN2C1=Cc1ccc2c(c1)OCO2. The largest absolute Gasteiger partial charge is 0.454 e. The highest BCUT2D eigenvalue weighted by atomic mass is 16.7. The molecule has 1 fully saturated rings. The second-order valence-corrected chi connectivity index (χ2v) is 5.44. The van der Waals surface area contributed by atoms with Gasteiger partial charge in [0.2, 0.25) is 6.79 Å². The van der Waals surface area contributed by atoms with Gasteiger partial charge in [0.25, 0.3) is 5.91 Å². The first kappa shape index (κ1) is 12.4. The molecule has 3 aliphatic heterocycles. The van der Waals surface area contributed by atoms with Crippen LogP contribution >= 0.6 is 0 Å². The summed E-state index contributed by atoms with van der Waals surface area (Å²) in [4.78, 5) is 18.4. The van der Waals surface area contributed by atoms with Gasteiger partial charge in [0.15, 0.2) is 11.5 Å². The van der Waals surface area contributed by atoms with Gasteiger partial charge >= 0.3 is 0 Å². The fourth-order valence-corrected chi connectivity index (χ4v) is 2.96. The van der Waals surface area contributed by atoms with E-state index in [1.54, 1.807) is 0 Å². The van der Waals surface area contributed by atoms with E-state index in [0.717, 1.165) is 48.7 Å². The van der Waals surface area contributed by atoms with E-state index in [1.807, 2.05) is 24.3 Å². The number of aliphatic imine (C=N–C) groups is 1. The van der Waals surface area contributed by atoms with Crippen LogP contribution in [-0.4, -0.2) is 30.0 Å². The molecule has 0 radical (unpaired) electrons. The van der Waals surface area contributed by atoms with Crippen LogP contribution < -0.4 is 9.47 Å². The zero-order valence-corrected chi connectivity index (χ0v) is 11.7. The predicted molar refractivity (Wildman–Crippen MR) is 78.2 cm³/mol. The molecule has 1 amide bonds. The van der Waals surface area contributed by atoms with Gasteiger partial charge in [-0.25, -0.2) is 0 Å². The van der Waals surface area contributed by atoms with Crippen molar-refractivity contribution in [3.8, 4) is 11.5 Å². The van der Waals surface area contributed by atoms with E-state index in [0.29, 0.717) is 5.70 Å². The smallest absolute Gasteiger partial charge is 0.295 e. The molecule has 5 heteroatoms. The fraction of sp³-hybridized carbons (Fsp3) is 0.375. The number of ether oxygens (including phenoxy) is 2. The summed E-state index contributed by atoms with van der Waals surface area (Å²) in [5.74, 6) is 2.27. The topological polar surface area (TPSA) is 51.1 Å². The molecule has 0 spiro atoms. The van der Waals surface area contributed by atoms with Crippen molar-refractivity contribution in [2.45, 2.75) is 25.7 Å². The van der Waals surface area contributed by atoms with Gasteiger partial charge in [0.1, 0.15) is 11.5 Å². The van der Waals surface area contributed by atoms with Crippen molar-refractivity contribution in [2.24, 2.45) is 4.99 Å². The fourth-order valence-electron chi connectivity index (χ4n) is 2.96. The maximum Gasteiger partial charge on any atom is 0.295 e. The Balaban J connectivity index is 1.67. The van der Waals surface area contributed by atoms with E-state index in [-0.39, 0.29) is 12.7 Å². The molecule has 0 atom stereocenters. The summed E-state index contributed by atoms with van der Waals surface area (Å²) < 4.78 is 10.7. The van der Waals surface area contributed by atoms with Crippen LogP contribution in [0, 0.1) is 0 Å². The first-order valence-corrected chi connectivity index (χ1v) is 7.32. The zero-order chi connectivity index (χ0) is 14.2. The summed E-state index contributed by atoms with van der Waals surface area (Å²) in [7, 11) is 0. The highest BCUT2D eigenvalue weighted by Crippen LogP contribution is 2.34. The van der Waals surface area contributed by atoms with Crippen molar-refractivity contribution >= 4 is 17.8 Å². The molecule has 0 unspecified atom stereocenters. The number of carbonyl (C=O) groups excluding carboxylic acids is 1. The lowest BCUT2D eigenvalue weighted by atomic mass is 10.1. The molecule has 1 saturated heterocycles. The van der Waals surface area contributed by atoms with Crippen molar-refractivity contribution in [1.29, 1.82) is 0 Å². The zero-order valence-electron chi connectivity index (χ0n) is 11.7. The Morgan fingerprint density at radius 3 is 3.00 bits per heavy atom. The molecule has 5 nitrogen and oxygen atoms in total. The lowest BCUT2D eigenvalue weighted by Gasteiger charge is -2.18. The molecule has 3 aliphatic rings. The van der Waals surface area contributed by atoms with Crippen LogP contribution in [0.3, 0.4) is 0 Å². The number of fused-ring (bicyclic) bond motifs is 2. The van der Waals surface area contributed by atoms with Gasteiger partial charge in [-0.2, -0.15) is 4.99 Å². The summed E-state index contributed by atoms with van der Waals surface area (Å²) in [6.07, 6.45) is 6.20. The Bertz CT molecular complexity index is 663. The summed E-state index contributed by atoms with van der Waals surface area (Å²) in [6, 6.07) is 5.71. The van der Waals surface area contributed by atoms with Crippen LogP contribution in [0.15, 0.2) is 28.9 Å². The van der Waals surface area contributed by atoms with E-state index in [9.17, 15) is 4.79 Å². The molecule has 1 aromatic carbocycles. The minimum Gasteiger partial charge on any atom is -0.454 e. The Hall–Kier alpha value is -2.30. The average Bonchev–Trinajstić information content (AvgIpc) is 2.97. The first-order chi connectivity index (χ1) is 10.3. The van der Waals surface area contributed by atoms with Crippen molar-refractivity contribution in [3.63, 3.8) is 0 Å². The molecule has 0 saturated carbocycles. The molecule has 21 heavy (non-hydrogen) atoms. The Labute approximate surface area is 122 Å². The maximum absolute atomic E-state index is 12.1. The van der Waals surface area contributed by atoms with Crippen LogP contribution in [0.4, 0.5) is 0 Å². The second-order valence-electron chi connectivity index (χ2n) is 5.44. The molecular formula is C16H16N2O3. The highest BCUT2D eigenvalue weighted by Gasteiger charge is 2.30. The normalized spacial score (nSPS) is 22.3. The van der Waals surface area contributed by atoms with Gasteiger partial charge in [-0.3, -0.25) is 4.79 Å². The number of benzene rings is 1. The first-order valence-electron chi connectivity index (χ1n) is 7.32. The van der Waals surface area contributed by atoms with Crippen molar-refractivity contribution in [2.75, 3.05) is 13.3 Å². The van der Waals surface area contributed by atoms with Gasteiger partial charge in [-0.05, 0) is 36.6 Å². The molecule has 108 valence electrons. The number of rotatable bonds is 1. The third-order valence-electron chi connectivity index (χ3n) is 4.03. The lowest BCUT2D eigenvalue weighted by Crippen LogP contribution is -2.26. The minimum atomic E-state index is -0.135. The van der Waals surface area contributed by atoms with Gasteiger partial charge in [-0.15, -0.1) is 0 Å².